The van der Waals surface area contributed by atoms with Crippen LogP contribution >= 0.6 is 23.7 Å². The number of amides is 1. The first kappa shape index (κ1) is 15.5. The van der Waals surface area contributed by atoms with Crippen LogP contribution in [0.5, 0.6) is 0 Å². The molecule has 1 saturated carbocycles. The SMILES string of the molecule is CCC(NC(=O)CNCC1CC1)c1cccs1.Cl. The van der Waals surface area contributed by atoms with E-state index in [0.717, 1.165) is 18.9 Å². The van der Waals surface area contributed by atoms with Crippen molar-refractivity contribution >= 4 is 29.7 Å². The van der Waals surface area contributed by atoms with Crippen molar-refractivity contribution < 1.29 is 4.79 Å². The Labute approximate surface area is 119 Å². The lowest BCUT2D eigenvalue weighted by molar-refractivity contribution is -0.121. The monoisotopic (exact) mass is 288 g/mol. The second-order valence-electron chi connectivity index (χ2n) is 4.62. The van der Waals surface area contributed by atoms with Crippen molar-refractivity contribution in [2.75, 3.05) is 13.1 Å². The van der Waals surface area contributed by atoms with Gasteiger partial charge in [-0.05, 0) is 43.2 Å². The van der Waals surface area contributed by atoms with Gasteiger partial charge in [-0.15, -0.1) is 23.7 Å². The van der Waals surface area contributed by atoms with Gasteiger partial charge in [-0.2, -0.15) is 0 Å². The Kier molecular flexibility index (Phi) is 6.68. The topological polar surface area (TPSA) is 41.1 Å². The zero-order valence-electron chi connectivity index (χ0n) is 10.6. The quantitative estimate of drug-likeness (QED) is 0.810. The van der Waals surface area contributed by atoms with Gasteiger partial charge in [0.2, 0.25) is 5.91 Å². The van der Waals surface area contributed by atoms with Crippen LogP contribution in [0, 0.1) is 5.92 Å². The molecule has 3 nitrogen and oxygen atoms in total. The smallest absolute Gasteiger partial charge is 0.234 e. The van der Waals surface area contributed by atoms with Crippen molar-refractivity contribution in [3.63, 3.8) is 0 Å². The third-order valence-corrected chi connectivity index (χ3v) is 4.03. The molecule has 1 heterocycles. The fourth-order valence-corrected chi connectivity index (χ4v) is 2.68. The predicted molar refractivity (Wildman–Crippen MR) is 78.3 cm³/mol. The van der Waals surface area contributed by atoms with Gasteiger partial charge in [0.25, 0.3) is 0 Å². The maximum atomic E-state index is 11.7. The predicted octanol–water partition coefficient (Wildman–Crippen LogP) is 2.74. The standard InChI is InChI=1S/C13H20N2OS.ClH/c1-2-11(12-4-3-7-17-12)15-13(16)9-14-8-10-5-6-10;/h3-4,7,10-11,14H,2,5-6,8-9H2,1H3,(H,15,16);1H. The van der Waals surface area contributed by atoms with Crippen LogP contribution in [-0.2, 0) is 4.79 Å². The van der Waals surface area contributed by atoms with Gasteiger partial charge in [0.05, 0.1) is 12.6 Å². The Balaban J connectivity index is 0.00000162. The van der Waals surface area contributed by atoms with E-state index in [1.165, 1.54) is 17.7 Å². The minimum atomic E-state index is 0. The fourth-order valence-electron chi connectivity index (χ4n) is 1.82. The van der Waals surface area contributed by atoms with Crippen molar-refractivity contribution in [1.82, 2.24) is 10.6 Å². The molecule has 5 heteroatoms. The Morgan fingerprint density at radius 3 is 2.89 bits per heavy atom. The van der Waals surface area contributed by atoms with Crippen LogP contribution in [0.25, 0.3) is 0 Å². The molecule has 1 atom stereocenters. The zero-order valence-corrected chi connectivity index (χ0v) is 12.3. The van der Waals surface area contributed by atoms with Crippen LogP contribution in [-0.4, -0.2) is 19.0 Å². The number of halogens is 1. The average Bonchev–Trinajstić information content (AvgIpc) is 2.98. The van der Waals surface area contributed by atoms with E-state index in [0.29, 0.717) is 6.54 Å². The van der Waals surface area contributed by atoms with E-state index in [1.54, 1.807) is 11.3 Å². The molecule has 1 aliphatic carbocycles. The molecule has 0 saturated heterocycles. The van der Waals surface area contributed by atoms with Crippen molar-refractivity contribution in [1.29, 1.82) is 0 Å². The number of carbonyl (C=O) groups is 1. The zero-order chi connectivity index (χ0) is 12.1. The minimum Gasteiger partial charge on any atom is -0.347 e. The Morgan fingerprint density at radius 1 is 1.56 bits per heavy atom. The Hall–Kier alpha value is -0.580. The summed E-state index contributed by atoms with van der Waals surface area (Å²) in [6, 6.07) is 4.28. The van der Waals surface area contributed by atoms with Crippen molar-refractivity contribution in [2.24, 2.45) is 5.92 Å². The van der Waals surface area contributed by atoms with Gasteiger partial charge in [0.1, 0.15) is 0 Å². The molecular weight excluding hydrogens is 268 g/mol. The molecular formula is C13H21ClN2OS. The van der Waals surface area contributed by atoms with Crippen molar-refractivity contribution in [2.45, 2.75) is 32.2 Å². The van der Waals surface area contributed by atoms with E-state index >= 15 is 0 Å². The third-order valence-electron chi connectivity index (χ3n) is 3.05. The molecule has 1 aromatic rings. The molecule has 0 spiro atoms. The van der Waals surface area contributed by atoms with Crippen LogP contribution in [0.4, 0.5) is 0 Å². The number of rotatable bonds is 7. The maximum Gasteiger partial charge on any atom is 0.234 e. The summed E-state index contributed by atoms with van der Waals surface area (Å²) in [6.45, 7) is 3.53. The summed E-state index contributed by atoms with van der Waals surface area (Å²) in [4.78, 5) is 13.0. The van der Waals surface area contributed by atoms with Crippen molar-refractivity contribution in [3.8, 4) is 0 Å². The number of hydrogen-bond donors (Lipinski definition) is 2. The van der Waals surface area contributed by atoms with E-state index in [1.807, 2.05) is 6.07 Å². The summed E-state index contributed by atoms with van der Waals surface area (Å²) >= 11 is 1.70. The summed E-state index contributed by atoms with van der Waals surface area (Å²) in [5.74, 6) is 0.924. The van der Waals surface area contributed by atoms with Gasteiger partial charge in [0, 0.05) is 4.88 Å². The second kappa shape index (κ2) is 7.77. The lowest BCUT2D eigenvalue weighted by Crippen LogP contribution is -2.36. The van der Waals surface area contributed by atoms with E-state index in [-0.39, 0.29) is 24.4 Å². The van der Waals surface area contributed by atoms with Crippen LogP contribution in [0.1, 0.15) is 37.1 Å². The first-order valence-corrected chi connectivity index (χ1v) is 7.21. The Morgan fingerprint density at radius 2 is 2.33 bits per heavy atom. The van der Waals surface area contributed by atoms with Gasteiger partial charge in [-0.3, -0.25) is 4.79 Å². The van der Waals surface area contributed by atoms with E-state index in [2.05, 4.69) is 29.0 Å². The van der Waals surface area contributed by atoms with Crippen LogP contribution in [0.15, 0.2) is 17.5 Å². The molecule has 0 aromatic carbocycles. The number of thiophene rings is 1. The first-order chi connectivity index (χ1) is 8.29. The molecule has 18 heavy (non-hydrogen) atoms. The van der Waals surface area contributed by atoms with Gasteiger partial charge in [-0.1, -0.05) is 13.0 Å². The number of hydrogen-bond acceptors (Lipinski definition) is 3. The highest BCUT2D eigenvalue weighted by Gasteiger charge is 2.21. The van der Waals surface area contributed by atoms with Crippen LogP contribution < -0.4 is 10.6 Å². The highest BCUT2D eigenvalue weighted by Crippen LogP contribution is 2.27. The largest absolute Gasteiger partial charge is 0.347 e. The minimum absolute atomic E-state index is 0. The van der Waals surface area contributed by atoms with Gasteiger partial charge in [-0.25, -0.2) is 0 Å². The Bertz CT molecular complexity index is 352. The van der Waals surface area contributed by atoms with E-state index < -0.39 is 0 Å². The lowest BCUT2D eigenvalue weighted by Gasteiger charge is -2.15. The molecule has 2 N–H and O–H groups in total. The summed E-state index contributed by atoms with van der Waals surface area (Å²) in [5, 5.41) is 8.34. The lowest BCUT2D eigenvalue weighted by atomic mass is 10.2. The molecule has 0 radical (unpaired) electrons. The fraction of sp³-hybridized carbons (Fsp3) is 0.615. The summed E-state index contributed by atoms with van der Waals surface area (Å²) in [5.41, 5.74) is 0. The highest BCUT2D eigenvalue weighted by molar-refractivity contribution is 7.10. The molecule has 1 fully saturated rings. The van der Waals surface area contributed by atoms with Crippen LogP contribution in [0.2, 0.25) is 0 Å². The normalized spacial score (nSPS) is 15.8. The average molecular weight is 289 g/mol. The molecule has 0 bridgehead atoms. The van der Waals surface area contributed by atoms with E-state index in [4.69, 9.17) is 0 Å². The summed E-state index contributed by atoms with van der Waals surface area (Å²) in [7, 11) is 0. The number of carbonyl (C=O) groups excluding carboxylic acids is 1. The molecule has 1 unspecified atom stereocenters. The molecule has 2 rings (SSSR count). The molecule has 1 amide bonds. The summed E-state index contributed by atoms with van der Waals surface area (Å²) in [6.07, 6.45) is 3.58. The van der Waals surface area contributed by atoms with Gasteiger partial charge >= 0.3 is 0 Å². The molecule has 102 valence electrons. The molecule has 1 aliphatic rings. The molecule has 1 aromatic heterocycles. The second-order valence-corrected chi connectivity index (χ2v) is 5.60. The summed E-state index contributed by atoms with van der Waals surface area (Å²) < 4.78 is 0. The highest BCUT2D eigenvalue weighted by atomic mass is 35.5. The maximum absolute atomic E-state index is 11.7. The van der Waals surface area contributed by atoms with Gasteiger partial charge < -0.3 is 10.6 Å². The first-order valence-electron chi connectivity index (χ1n) is 6.33. The van der Waals surface area contributed by atoms with Crippen molar-refractivity contribution in [3.05, 3.63) is 22.4 Å². The van der Waals surface area contributed by atoms with Crippen LogP contribution in [0.3, 0.4) is 0 Å². The molecule has 0 aliphatic heterocycles. The number of nitrogens with one attached hydrogen (secondary N) is 2. The van der Waals surface area contributed by atoms with E-state index in [9.17, 15) is 4.79 Å². The van der Waals surface area contributed by atoms with Gasteiger partial charge in [0.15, 0.2) is 0 Å². The third kappa shape index (κ3) is 4.96.